The van der Waals surface area contributed by atoms with E-state index in [1.165, 1.54) is 13.0 Å². The third-order valence-electron chi connectivity index (χ3n) is 2.57. The lowest BCUT2D eigenvalue weighted by Gasteiger charge is -2.12. The molecule has 0 aliphatic carbocycles. The highest BCUT2D eigenvalue weighted by atomic mass is 32.2. The molecule has 0 spiro atoms. The van der Waals surface area contributed by atoms with Gasteiger partial charge in [0.15, 0.2) is 9.84 Å². The zero-order valence-corrected chi connectivity index (χ0v) is 11.3. The largest absolute Gasteiger partial charge is 0.478 e. The third-order valence-corrected chi connectivity index (χ3v) is 4.25. The van der Waals surface area contributed by atoms with Crippen LogP contribution in [0, 0.1) is 6.92 Å². The van der Waals surface area contributed by atoms with E-state index in [2.05, 4.69) is 0 Å². The lowest BCUT2D eigenvalue weighted by Crippen LogP contribution is -2.18. The predicted molar refractivity (Wildman–Crippen MR) is 70.5 cm³/mol. The zero-order valence-electron chi connectivity index (χ0n) is 10.5. The monoisotopic (exact) mass is 299 g/mol. The molecule has 20 heavy (non-hydrogen) atoms. The highest BCUT2D eigenvalue weighted by Crippen LogP contribution is 2.25. The van der Waals surface area contributed by atoms with Crippen LogP contribution >= 0.6 is 0 Å². The van der Waals surface area contributed by atoms with E-state index in [4.69, 9.17) is 15.9 Å². The van der Waals surface area contributed by atoms with Gasteiger partial charge in [0.1, 0.15) is 0 Å². The molecule has 1 rings (SSSR count). The van der Waals surface area contributed by atoms with Crippen LogP contribution in [0.15, 0.2) is 29.3 Å². The second-order valence-electron chi connectivity index (χ2n) is 3.95. The molecule has 0 saturated carbocycles. The summed E-state index contributed by atoms with van der Waals surface area (Å²) >= 11 is 0. The SMILES string of the molecule is Cc1ccc(C(=O)O)c(S(=O)(=O)CC=CN)c1C(=O)O. The van der Waals surface area contributed by atoms with E-state index in [0.29, 0.717) is 0 Å². The van der Waals surface area contributed by atoms with Crippen molar-refractivity contribution in [3.8, 4) is 0 Å². The number of carbonyl (C=O) groups is 2. The maximum atomic E-state index is 12.2. The average molecular weight is 299 g/mol. The van der Waals surface area contributed by atoms with Crippen molar-refractivity contribution in [1.82, 2.24) is 0 Å². The van der Waals surface area contributed by atoms with Crippen molar-refractivity contribution in [1.29, 1.82) is 0 Å². The van der Waals surface area contributed by atoms with Crippen LogP contribution in [-0.4, -0.2) is 36.3 Å². The fraction of sp³-hybridized carbons (Fsp3) is 0.167. The minimum atomic E-state index is -4.12. The van der Waals surface area contributed by atoms with Gasteiger partial charge < -0.3 is 15.9 Å². The lowest BCUT2D eigenvalue weighted by atomic mass is 10.0. The molecule has 0 aliphatic rings. The predicted octanol–water partition coefficient (Wildman–Crippen LogP) is 0.638. The molecule has 0 bridgehead atoms. The van der Waals surface area contributed by atoms with Crippen LogP contribution in [-0.2, 0) is 9.84 Å². The fourth-order valence-corrected chi connectivity index (χ4v) is 3.28. The summed E-state index contributed by atoms with van der Waals surface area (Å²) in [7, 11) is -4.12. The molecule has 0 aromatic heterocycles. The number of hydrogen-bond acceptors (Lipinski definition) is 5. The molecule has 0 amide bonds. The highest BCUT2D eigenvalue weighted by molar-refractivity contribution is 7.91. The van der Waals surface area contributed by atoms with E-state index in [1.807, 2.05) is 0 Å². The van der Waals surface area contributed by atoms with E-state index < -0.39 is 43.6 Å². The number of hydrogen-bond donors (Lipinski definition) is 3. The van der Waals surface area contributed by atoms with Gasteiger partial charge in [0.05, 0.1) is 21.8 Å². The van der Waals surface area contributed by atoms with Crippen LogP contribution in [0.5, 0.6) is 0 Å². The van der Waals surface area contributed by atoms with E-state index in [-0.39, 0.29) is 5.56 Å². The van der Waals surface area contributed by atoms with Gasteiger partial charge in [-0.3, -0.25) is 0 Å². The van der Waals surface area contributed by atoms with Crippen molar-refractivity contribution in [2.75, 3.05) is 5.75 Å². The molecular formula is C12H13NO6S. The molecule has 8 heteroatoms. The van der Waals surface area contributed by atoms with Crippen molar-refractivity contribution in [3.63, 3.8) is 0 Å². The second-order valence-corrected chi connectivity index (χ2v) is 5.93. The van der Waals surface area contributed by atoms with Gasteiger partial charge in [-0.05, 0) is 24.8 Å². The van der Waals surface area contributed by atoms with Crippen LogP contribution in [0.2, 0.25) is 0 Å². The summed E-state index contributed by atoms with van der Waals surface area (Å²) in [6.07, 6.45) is 2.10. The maximum Gasteiger partial charge on any atom is 0.337 e. The minimum Gasteiger partial charge on any atom is -0.478 e. The van der Waals surface area contributed by atoms with Crippen molar-refractivity contribution in [2.45, 2.75) is 11.8 Å². The zero-order chi connectivity index (χ0) is 15.5. The fourth-order valence-electron chi connectivity index (χ4n) is 1.70. The van der Waals surface area contributed by atoms with Crippen LogP contribution in [0.3, 0.4) is 0 Å². The Morgan fingerprint density at radius 2 is 1.85 bits per heavy atom. The van der Waals surface area contributed by atoms with Crippen molar-refractivity contribution >= 4 is 21.8 Å². The van der Waals surface area contributed by atoms with Crippen LogP contribution in [0.4, 0.5) is 0 Å². The summed E-state index contributed by atoms with van der Waals surface area (Å²) in [5.74, 6) is -3.59. The summed E-state index contributed by atoms with van der Waals surface area (Å²) < 4.78 is 24.3. The summed E-state index contributed by atoms with van der Waals surface area (Å²) in [5, 5.41) is 18.2. The molecule has 0 atom stereocenters. The summed E-state index contributed by atoms with van der Waals surface area (Å²) in [6, 6.07) is 2.33. The number of sulfone groups is 1. The van der Waals surface area contributed by atoms with Gasteiger partial charge in [0.2, 0.25) is 0 Å². The Kier molecular flexibility index (Phi) is 4.51. The summed E-state index contributed by atoms with van der Waals surface area (Å²) in [5.41, 5.74) is 4.12. The van der Waals surface area contributed by atoms with E-state index >= 15 is 0 Å². The minimum absolute atomic E-state index is 0.165. The first-order valence-electron chi connectivity index (χ1n) is 5.42. The second kappa shape index (κ2) is 5.74. The first-order chi connectivity index (χ1) is 9.22. The van der Waals surface area contributed by atoms with Gasteiger partial charge in [0, 0.05) is 0 Å². The Balaban J connectivity index is 3.76. The van der Waals surface area contributed by atoms with Gasteiger partial charge in [-0.15, -0.1) is 0 Å². The van der Waals surface area contributed by atoms with Gasteiger partial charge in [-0.25, -0.2) is 18.0 Å². The molecule has 1 aromatic carbocycles. The molecule has 4 N–H and O–H groups in total. The Morgan fingerprint density at radius 1 is 1.25 bits per heavy atom. The Morgan fingerprint density at radius 3 is 2.30 bits per heavy atom. The maximum absolute atomic E-state index is 12.2. The van der Waals surface area contributed by atoms with E-state index in [9.17, 15) is 18.0 Å². The summed E-state index contributed by atoms with van der Waals surface area (Å²) in [4.78, 5) is 21.7. The first kappa shape index (κ1) is 15.7. The molecule has 0 heterocycles. The van der Waals surface area contributed by atoms with Gasteiger partial charge in [-0.1, -0.05) is 12.1 Å². The molecule has 7 nitrogen and oxygen atoms in total. The molecule has 108 valence electrons. The number of aryl methyl sites for hydroxylation is 1. The molecule has 0 radical (unpaired) electrons. The smallest absolute Gasteiger partial charge is 0.337 e. The number of aromatic carboxylic acids is 2. The van der Waals surface area contributed by atoms with Crippen molar-refractivity contribution < 1.29 is 28.2 Å². The first-order valence-corrected chi connectivity index (χ1v) is 7.07. The number of carboxylic acids is 2. The van der Waals surface area contributed by atoms with Crippen LogP contribution in [0.25, 0.3) is 0 Å². The number of rotatable bonds is 5. The number of benzene rings is 1. The quantitative estimate of drug-likeness (QED) is 0.725. The van der Waals surface area contributed by atoms with E-state index in [1.54, 1.807) is 0 Å². The normalized spacial score (nSPS) is 11.7. The molecule has 0 aliphatic heterocycles. The number of nitrogens with two attached hydrogens (primary N) is 1. The van der Waals surface area contributed by atoms with Crippen molar-refractivity contribution in [2.24, 2.45) is 5.73 Å². The Hall–Kier alpha value is -2.35. The molecule has 0 fully saturated rings. The molecular weight excluding hydrogens is 286 g/mol. The van der Waals surface area contributed by atoms with Crippen LogP contribution in [0.1, 0.15) is 26.3 Å². The highest BCUT2D eigenvalue weighted by Gasteiger charge is 2.29. The van der Waals surface area contributed by atoms with Crippen LogP contribution < -0.4 is 5.73 Å². The lowest BCUT2D eigenvalue weighted by molar-refractivity contribution is 0.0689. The average Bonchev–Trinajstić information content (AvgIpc) is 2.35. The van der Waals surface area contributed by atoms with Gasteiger partial charge in [0.25, 0.3) is 0 Å². The van der Waals surface area contributed by atoms with Crippen molar-refractivity contribution in [3.05, 3.63) is 41.1 Å². The molecule has 1 aromatic rings. The molecule has 0 unspecified atom stereocenters. The Bertz CT molecular complexity index is 690. The standard InChI is InChI=1S/C12H13NO6S/c1-7-3-4-8(11(14)15)10(9(7)12(16)17)20(18,19)6-2-5-13/h2-5H,6,13H2,1H3,(H,14,15)(H,16,17). The Labute approximate surface area is 115 Å². The topological polar surface area (TPSA) is 135 Å². The summed E-state index contributed by atoms with van der Waals surface area (Å²) in [6.45, 7) is 1.40. The third kappa shape index (κ3) is 2.97. The van der Waals surface area contributed by atoms with E-state index in [0.717, 1.165) is 18.3 Å². The molecule has 0 saturated heterocycles. The van der Waals surface area contributed by atoms with Gasteiger partial charge >= 0.3 is 11.9 Å². The van der Waals surface area contributed by atoms with Gasteiger partial charge in [-0.2, -0.15) is 0 Å². The number of carboxylic acid groups (broad SMARTS) is 2.